The monoisotopic (exact) mass is 264 g/mol. The van der Waals surface area contributed by atoms with Crippen molar-refractivity contribution in [3.05, 3.63) is 29.8 Å². The topological polar surface area (TPSA) is 55.6 Å². The fraction of sp³-hybridized carbons (Fsp3) is 0.533. The van der Waals surface area contributed by atoms with Crippen molar-refractivity contribution in [3.63, 3.8) is 0 Å². The van der Waals surface area contributed by atoms with Crippen LogP contribution >= 0.6 is 0 Å². The normalized spacial score (nSPS) is 12.0. The lowest BCUT2D eigenvalue weighted by Gasteiger charge is -2.19. The van der Waals surface area contributed by atoms with E-state index in [1.165, 1.54) is 5.56 Å². The van der Waals surface area contributed by atoms with Crippen molar-refractivity contribution >= 4 is 5.91 Å². The van der Waals surface area contributed by atoms with Gasteiger partial charge in [0.25, 0.3) is 0 Å². The van der Waals surface area contributed by atoms with E-state index >= 15 is 0 Å². The molecule has 0 spiro atoms. The number of rotatable bonds is 7. The lowest BCUT2D eigenvalue weighted by Crippen LogP contribution is -2.31. The maximum Gasteiger partial charge on any atom is 0.222 e. The minimum atomic E-state index is 0.154. The number of benzene rings is 1. The molecule has 0 bridgehead atoms. The standard InChI is InChI=1S/C15H24N2O2/c1-12(11-16)9-15(18)17(2)8-7-13-5-4-6-14(10-13)19-3/h4-6,10,12H,7-9,11,16H2,1-3H3. The first-order valence-electron chi connectivity index (χ1n) is 6.63. The van der Waals surface area contributed by atoms with Gasteiger partial charge in [0.1, 0.15) is 5.75 Å². The number of nitrogens with zero attached hydrogens (tertiary/aromatic N) is 1. The zero-order valence-electron chi connectivity index (χ0n) is 12.1. The minimum Gasteiger partial charge on any atom is -0.497 e. The predicted octanol–water partition coefficient (Wildman–Crippen LogP) is 1.68. The number of amides is 1. The highest BCUT2D eigenvalue weighted by Crippen LogP contribution is 2.13. The summed E-state index contributed by atoms with van der Waals surface area (Å²) in [6.07, 6.45) is 1.35. The molecule has 0 aromatic heterocycles. The number of carbonyl (C=O) groups is 1. The Kier molecular flexibility index (Phi) is 6.36. The van der Waals surface area contributed by atoms with Gasteiger partial charge in [0.15, 0.2) is 0 Å². The SMILES string of the molecule is COc1cccc(CCN(C)C(=O)CC(C)CN)c1. The molecule has 0 saturated heterocycles. The molecule has 106 valence electrons. The Labute approximate surface area is 115 Å². The summed E-state index contributed by atoms with van der Waals surface area (Å²) in [5, 5.41) is 0. The summed E-state index contributed by atoms with van der Waals surface area (Å²) in [6.45, 7) is 3.26. The van der Waals surface area contributed by atoms with Gasteiger partial charge in [-0.1, -0.05) is 19.1 Å². The Morgan fingerprint density at radius 2 is 2.21 bits per heavy atom. The van der Waals surface area contributed by atoms with Gasteiger partial charge in [-0.25, -0.2) is 0 Å². The van der Waals surface area contributed by atoms with Crippen molar-refractivity contribution in [1.29, 1.82) is 0 Å². The number of methoxy groups -OCH3 is 1. The highest BCUT2D eigenvalue weighted by molar-refractivity contribution is 5.76. The van der Waals surface area contributed by atoms with Gasteiger partial charge in [0, 0.05) is 20.0 Å². The van der Waals surface area contributed by atoms with Gasteiger partial charge in [0.05, 0.1) is 7.11 Å². The molecule has 0 aliphatic heterocycles. The molecule has 0 radical (unpaired) electrons. The quantitative estimate of drug-likeness (QED) is 0.815. The molecule has 1 unspecified atom stereocenters. The molecule has 19 heavy (non-hydrogen) atoms. The summed E-state index contributed by atoms with van der Waals surface area (Å²) >= 11 is 0. The average Bonchev–Trinajstić information content (AvgIpc) is 2.44. The molecule has 1 rings (SSSR count). The van der Waals surface area contributed by atoms with E-state index in [1.807, 2.05) is 38.2 Å². The Morgan fingerprint density at radius 3 is 2.84 bits per heavy atom. The summed E-state index contributed by atoms with van der Waals surface area (Å²) in [7, 11) is 3.49. The molecule has 0 aliphatic carbocycles. The number of ether oxygens (including phenoxy) is 1. The Hall–Kier alpha value is -1.55. The van der Waals surface area contributed by atoms with Crippen molar-refractivity contribution in [3.8, 4) is 5.75 Å². The molecular formula is C15H24N2O2. The van der Waals surface area contributed by atoms with E-state index in [0.29, 0.717) is 19.5 Å². The third-order valence-electron chi connectivity index (χ3n) is 3.22. The van der Waals surface area contributed by atoms with E-state index in [4.69, 9.17) is 10.5 Å². The van der Waals surface area contributed by atoms with Crippen LogP contribution in [0.1, 0.15) is 18.9 Å². The second-order valence-electron chi connectivity index (χ2n) is 4.96. The van der Waals surface area contributed by atoms with Crippen LogP contribution in [0.5, 0.6) is 5.75 Å². The third kappa shape index (κ3) is 5.30. The summed E-state index contributed by atoms with van der Waals surface area (Å²) in [5.41, 5.74) is 6.70. The van der Waals surface area contributed by atoms with Crippen LogP contribution in [0.2, 0.25) is 0 Å². The van der Waals surface area contributed by atoms with Gasteiger partial charge >= 0.3 is 0 Å². The second kappa shape index (κ2) is 7.79. The molecule has 1 aromatic rings. The number of hydrogen-bond acceptors (Lipinski definition) is 3. The first-order chi connectivity index (χ1) is 9.06. The first kappa shape index (κ1) is 15.5. The molecule has 1 amide bonds. The van der Waals surface area contributed by atoms with Gasteiger partial charge in [-0.3, -0.25) is 4.79 Å². The summed E-state index contributed by atoms with van der Waals surface area (Å²) in [5.74, 6) is 1.25. The first-order valence-corrected chi connectivity index (χ1v) is 6.63. The predicted molar refractivity (Wildman–Crippen MR) is 77.2 cm³/mol. The Balaban J connectivity index is 2.44. The number of likely N-dealkylation sites (N-methyl/N-ethyl adjacent to an activating group) is 1. The maximum absolute atomic E-state index is 11.9. The zero-order valence-corrected chi connectivity index (χ0v) is 12.1. The van der Waals surface area contributed by atoms with Crippen molar-refractivity contribution < 1.29 is 9.53 Å². The number of carbonyl (C=O) groups excluding carboxylic acids is 1. The lowest BCUT2D eigenvalue weighted by molar-refractivity contribution is -0.130. The minimum absolute atomic E-state index is 0.154. The molecule has 2 N–H and O–H groups in total. The van der Waals surface area contributed by atoms with Crippen LogP contribution in [0.25, 0.3) is 0 Å². The molecule has 1 aromatic carbocycles. The summed E-state index contributed by atoms with van der Waals surface area (Å²) in [6, 6.07) is 7.93. The largest absolute Gasteiger partial charge is 0.497 e. The molecule has 0 fully saturated rings. The van der Waals surface area contributed by atoms with Gasteiger partial charge in [0.2, 0.25) is 5.91 Å². The van der Waals surface area contributed by atoms with Crippen LogP contribution in [-0.2, 0) is 11.2 Å². The summed E-state index contributed by atoms with van der Waals surface area (Å²) in [4.78, 5) is 13.7. The van der Waals surface area contributed by atoms with Crippen LogP contribution in [-0.4, -0.2) is 38.1 Å². The highest BCUT2D eigenvalue weighted by Gasteiger charge is 2.12. The Bertz CT molecular complexity index is 407. The number of nitrogens with two attached hydrogens (primary N) is 1. The second-order valence-corrected chi connectivity index (χ2v) is 4.96. The molecular weight excluding hydrogens is 240 g/mol. The molecule has 4 nitrogen and oxygen atoms in total. The van der Waals surface area contributed by atoms with Crippen LogP contribution < -0.4 is 10.5 Å². The smallest absolute Gasteiger partial charge is 0.222 e. The van der Waals surface area contributed by atoms with Crippen LogP contribution in [0.15, 0.2) is 24.3 Å². The zero-order chi connectivity index (χ0) is 14.3. The van der Waals surface area contributed by atoms with E-state index in [2.05, 4.69) is 0 Å². The Morgan fingerprint density at radius 1 is 1.47 bits per heavy atom. The van der Waals surface area contributed by atoms with E-state index < -0.39 is 0 Å². The van der Waals surface area contributed by atoms with E-state index in [1.54, 1.807) is 12.0 Å². The highest BCUT2D eigenvalue weighted by atomic mass is 16.5. The van der Waals surface area contributed by atoms with Crippen molar-refractivity contribution in [1.82, 2.24) is 4.90 Å². The van der Waals surface area contributed by atoms with Crippen molar-refractivity contribution in [2.75, 3.05) is 27.2 Å². The molecule has 1 atom stereocenters. The fourth-order valence-electron chi connectivity index (χ4n) is 1.79. The molecule has 4 heteroatoms. The maximum atomic E-state index is 11.9. The van der Waals surface area contributed by atoms with Crippen LogP contribution in [0.3, 0.4) is 0 Å². The fourth-order valence-corrected chi connectivity index (χ4v) is 1.79. The van der Waals surface area contributed by atoms with Crippen LogP contribution in [0.4, 0.5) is 0 Å². The molecule has 0 saturated carbocycles. The van der Waals surface area contributed by atoms with Gasteiger partial charge in [-0.05, 0) is 36.6 Å². The van der Waals surface area contributed by atoms with E-state index in [9.17, 15) is 4.79 Å². The van der Waals surface area contributed by atoms with Gasteiger partial charge in [-0.2, -0.15) is 0 Å². The van der Waals surface area contributed by atoms with Crippen LogP contribution in [0, 0.1) is 5.92 Å². The van der Waals surface area contributed by atoms with Crippen molar-refractivity contribution in [2.24, 2.45) is 11.7 Å². The average molecular weight is 264 g/mol. The van der Waals surface area contributed by atoms with Gasteiger partial charge < -0.3 is 15.4 Å². The number of hydrogen-bond donors (Lipinski definition) is 1. The summed E-state index contributed by atoms with van der Waals surface area (Å²) < 4.78 is 5.18. The van der Waals surface area contributed by atoms with E-state index in [0.717, 1.165) is 12.2 Å². The molecule has 0 heterocycles. The molecule has 0 aliphatic rings. The third-order valence-corrected chi connectivity index (χ3v) is 3.22. The van der Waals surface area contributed by atoms with Gasteiger partial charge in [-0.15, -0.1) is 0 Å². The van der Waals surface area contributed by atoms with Crippen molar-refractivity contribution in [2.45, 2.75) is 19.8 Å². The van der Waals surface area contributed by atoms with E-state index in [-0.39, 0.29) is 11.8 Å². The lowest BCUT2D eigenvalue weighted by atomic mass is 10.1.